The van der Waals surface area contributed by atoms with Crippen molar-refractivity contribution in [2.45, 2.75) is 38.4 Å². The standard InChI is InChI=1S/C10H19NOS/c1-8(2)13-10(12)6-9-4-3-5-11-7-9/h8-9,11H,3-7H2,1-2H3. The van der Waals surface area contributed by atoms with Crippen molar-refractivity contribution in [1.29, 1.82) is 0 Å². The van der Waals surface area contributed by atoms with Gasteiger partial charge in [-0.1, -0.05) is 25.6 Å². The Labute approximate surface area is 84.9 Å². The fourth-order valence-electron chi connectivity index (χ4n) is 1.64. The van der Waals surface area contributed by atoms with Crippen LogP contribution in [0.2, 0.25) is 0 Å². The molecule has 1 atom stereocenters. The van der Waals surface area contributed by atoms with Crippen LogP contribution in [0.4, 0.5) is 0 Å². The lowest BCUT2D eigenvalue weighted by atomic mass is 9.97. The van der Waals surface area contributed by atoms with E-state index in [1.807, 2.05) is 0 Å². The van der Waals surface area contributed by atoms with Gasteiger partial charge in [0.05, 0.1) is 0 Å². The van der Waals surface area contributed by atoms with Gasteiger partial charge in [0.25, 0.3) is 0 Å². The van der Waals surface area contributed by atoms with Crippen LogP contribution in [0.15, 0.2) is 0 Å². The average Bonchev–Trinajstić information content (AvgIpc) is 2.04. The first-order chi connectivity index (χ1) is 6.18. The van der Waals surface area contributed by atoms with E-state index in [1.54, 1.807) is 0 Å². The fourth-order valence-corrected chi connectivity index (χ4v) is 2.50. The van der Waals surface area contributed by atoms with E-state index < -0.39 is 0 Å². The van der Waals surface area contributed by atoms with Crippen LogP contribution in [0.5, 0.6) is 0 Å². The molecule has 0 amide bonds. The van der Waals surface area contributed by atoms with E-state index in [4.69, 9.17) is 0 Å². The molecular formula is C10H19NOS. The molecule has 1 aliphatic rings. The van der Waals surface area contributed by atoms with Gasteiger partial charge in [-0.3, -0.25) is 4.79 Å². The van der Waals surface area contributed by atoms with Crippen molar-refractivity contribution in [2.75, 3.05) is 13.1 Å². The Morgan fingerprint density at radius 2 is 2.38 bits per heavy atom. The van der Waals surface area contributed by atoms with Gasteiger partial charge in [0.2, 0.25) is 0 Å². The molecule has 3 heteroatoms. The van der Waals surface area contributed by atoms with Crippen molar-refractivity contribution in [3.8, 4) is 0 Å². The van der Waals surface area contributed by atoms with Gasteiger partial charge in [0.1, 0.15) is 0 Å². The Hall–Kier alpha value is -0.0200. The highest BCUT2D eigenvalue weighted by Crippen LogP contribution is 2.20. The van der Waals surface area contributed by atoms with Crippen LogP contribution in [0.25, 0.3) is 0 Å². The molecule has 0 aromatic carbocycles. The second kappa shape index (κ2) is 5.66. The monoisotopic (exact) mass is 201 g/mol. The highest BCUT2D eigenvalue weighted by molar-refractivity contribution is 8.14. The second-order valence-corrected chi connectivity index (χ2v) is 5.59. The molecule has 0 radical (unpaired) electrons. The maximum Gasteiger partial charge on any atom is 0.189 e. The van der Waals surface area contributed by atoms with E-state index in [2.05, 4.69) is 19.2 Å². The molecule has 0 bridgehead atoms. The zero-order chi connectivity index (χ0) is 9.68. The van der Waals surface area contributed by atoms with Crippen LogP contribution in [-0.4, -0.2) is 23.5 Å². The number of hydrogen-bond acceptors (Lipinski definition) is 3. The number of thioether (sulfide) groups is 1. The summed E-state index contributed by atoms with van der Waals surface area (Å²) in [5.41, 5.74) is 0. The molecule has 1 heterocycles. The van der Waals surface area contributed by atoms with Gasteiger partial charge < -0.3 is 5.32 Å². The molecule has 2 nitrogen and oxygen atoms in total. The number of hydrogen-bond donors (Lipinski definition) is 1. The summed E-state index contributed by atoms with van der Waals surface area (Å²) in [6.45, 7) is 6.30. The number of carbonyl (C=O) groups excluding carboxylic acids is 1. The fraction of sp³-hybridized carbons (Fsp3) is 0.900. The third-order valence-corrected chi connectivity index (χ3v) is 3.12. The summed E-state index contributed by atoms with van der Waals surface area (Å²) < 4.78 is 0. The van der Waals surface area contributed by atoms with Gasteiger partial charge in [0.15, 0.2) is 5.12 Å². The summed E-state index contributed by atoms with van der Waals surface area (Å²) in [7, 11) is 0. The summed E-state index contributed by atoms with van der Waals surface area (Å²) >= 11 is 1.48. The molecule has 0 saturated carbocycles. The van der Waals surface area contributed by atoms with Crippen molar-refractivity contribution < 1.29 is 4.79 Å². The summed E-state index contributed by atoms with van der Waals surface area (Å²) in [5, 5.41) is 4.13. The Morgan fingerprint density at radius 3 is 2.92 bits per heavy atom. The topological polar surface area (TPSA) is 29.1 Å². The molecule has 13 heavy (non-hydrogen) atoms. The Morgan fingerprint density at radius 1 is 1.62 bits per heavy atom. The van der Waals surface area contributed by atoms with Crippen LogP contribution in [0, 0.1) is 5.92 Å². The number of piperidine rings is 1. The largest absolute Gasteiger partial charge is 0.316 e. The van der Waals surface area contributed by atoms with Crippen molar-refractivity contribution >= 4 is 16.9 Å². The summed E-state index contributed by atoms with van der Waals surface area (Å²) in [4.78, 5) is 11.5. The zero-order valence-electron chi connectivity index (χ0n) is 8.51. The van der Waals surface area contributed by atoms with Crippen molar-refractivity contribution in [3.05, 3.63) is 0 Å². The quantitative estimate of drug-likeness (QED) is 0.757. The van der Waals surface area contributed by atoms with E-state index in [1.165, 1.54) is 24.6 Å². The molecule has 1 aliphatic heterocycles. The smallest absolute Gasteiger partial charge is 0.189 e. The minimum atomic E-state index is 0.365. The van der Waals surface area contributed by atoms with Crippen LogP contribution >= 0.6 is 11.8 Å². The number of nitrogens with one attached hydrogen (secondary N) is 1. The average molecular weight is 201 g/mol. The van der Waals surface area contributed by atoms with Crippen LogP contribution in [0.3, 0.4) is 0 Å². The van der Waals surface area contributed by atoms with Gasteiger partial charge in [0, 0.05) is 11.7 Å². The molecule has 1 rings (SSSR count). The molecule has 1 unspecified atom stereocenters. The van der Waals surface area contributed by atoms with E-state index in [-0.39, 0.29) is 0 Å². The molecule has 1 saturated heterocycles. The van der Waals surface area contributed by atoms with Crippen molar-refractivity contribution in [1.82, 2.24) is 5.32 Å². The van der Waals surface area contributed by atoms with Crippen molar-refractivity contribution in [3.63, 3.8) is 0 Å². The normalized spacial score (nSPS) is 23.5. The van der Waals surface area contributed by atoms with Gasteiger partial charge >= 0.3 is 0 Å². The third kappa shape index (κ3) is 4.67. The SMILES string of the molecule is CC(C)SC(=O)CC1CCCNC1. The highest BCUT2D eigenvalue weighted by atomic mass is 32.2. The first-order valence-electron chi connectivity index (χ1n) is 5.08. The number of rotatable bonds is 3. The summed E-state index contributed by atoms with van der Waals surface area (Å²) in [6, 6.07) is 0. The summed E-state index contributed by atoms with van der Waals surface area (Å²) in [5.74, 6) is 0.590. The lowest BCUT2D eigenvalue weighted by Gasteiger charge is -2.21. The Kier molecular flexibility index (Phi) is 4.81. The molecule has 1 fully saturated rings. The molecular weight excluding hydrogens is 182 g/mol. The predicted octanol–water partition coefficient (Wildman–Crippen LogP) is 2.04. The van der Waals surface area contributed by atoms with Crippen molar-refractivity contribution in [2.24, 2.45) is 5.92 Å². The molecule has 0 spiro atoms. The maximum atomic E-state index is 11.5. The van der Waals surface area contributed by atoms with Gasteiger partial charge in [-0.25, -0.2) is 0 Å². The van der Waals surface area contributed by atoms with Crippen LogP contribution in [0.1, 0.15) is 33.1 Å². The van der Waals surface area contributed by atoms with E-state index in [0.29, 0.717) is 16.3 Å². The molecule has 76 valence electrons. The zero-order valence-corrected chi connectivity index (χ0v) is 9.32. The minimum absolute atomic E-state index is 0.365. The summed E-state index contributed by atoms with van der Waals surface area (Å²) in [6.07, 6.45) is 3.21. The van der Waals surface area contributed by atoms with E-state index >= 15 is 0 Å². The maximum absolute atomic E-state index is 11.5. The first kappa shape index (κ1) is 11.1. The Balaban J connectivity index is 2.18. The highest BCUT2D eigenvalue weighted by Gasteiger charge is 2.17. The lowest BCUT2D eigenvalue weighted by molar-refractivity contribution is -0.111. The molecule has 0 aromatic heterocycles. The van der Waals surface area contributed by atoms with Gasteiger partial charge in [-0.05, 0) is 31.8 Å². The number of carbonyl (C=O) groups is 1. The third-order valence-electron chi connectivity index (χ3n) is 2.22. The van der Waals surface area contributed by atoms with Crippen LogP contribution < -0.4 is 5.32 Å². The molecule has 1 N–H and O–H groups in total. The first-order valence-corrected chi connectivity index (χ1v) is 5.96. The minimum Gasteiger partial charge on any atom is -0.316 e. The molecule has 0 aliphatic carbocycles. The van der Waals surface area contributed by atoms with E-state index in [0.717, 1.165) is 19.5 Å². The lowest BCUT2D eigenvalue weighted by Crippen LogP contribution is -2.30. The second-order valence-electron chi connectivity index (χ2n) is 3.96. The van der Waals surface area contributed by atoms with Gasteiger partial charge in [-0.2, -0.15) is 0 Å². The predicted molar refractivity (Wildman–Crippen MR) is 57.9 cm³/mol. The Bertz CT molecular complexity index is 164. The van der Waals surface area contributed by atoms with Crippen LogP contribution in [-0.2, 0) is 4.79 Å². The van der Waals surface area contributed by atoms with E-state index in [9.17, 15) is 4.79 Å². The molecule has 0 aromatic rings. The van der Waals surface area contributed by atoms with Gasteiger partial charge in [-0.15, -0.1) is 0 Å².